The van der Waals surface area contributed by atoms with Gasteiger partial charge < -0.3 is 9.80 Å². The lowest BCUT2D eigenvalue weighted by Crippen LogP contribution is -2.56. The molecule has 174 valence electrons. The van der Waals surface area contributed by atoms with Crippen molar-refractivity contribution in [2.45, 2.75) is 57.7 Å². The van der Waals surface area contributed by atoms with Crippen molar-refractivity contribution in [2.24, 2.45) is 5.92 Å². The fraction of sp³-hybridized carbons (Fsp3) is 0.591. The number of carbonyl (C=O) groups is 2. The summed E-state index contributed by atoms with van der Waals surface area (Å²) in [6.07, 6.45) is 0.579. The lowest BCUT2D eigenvalue weighted by atomic mass is 9.80. The highest BCUT2D eigenvalue weighted by molar-refractivity contribution is 9.10. The summed E-state index contributed by atoms with van der Waals surface area (Å²) in [5, 5.41) is 3.95. The van der Waals surface area contributed by atoms with Crippen molar-refractivity contribution in [2.75, 3.05) is 19.6 Å². The Balaban J connectivity index is 0.000000158. The molecule has 0 N–H and O–H groups in total. The number of alkyl halides is 3. The van der Waals surface area contributed by atoms with Gasteiger partial charge in [-0.1, -0.05) is 6.92 Å². The number of piperazine rings is 1. The van der Waals surface area contributed by atoms with Crippen molar-refractivity contribution in [3.05, 3.63) is 33.6 Å². The molecule has 0 atom stereocenters. The topological polar surface area (TPSA) is 57.9 Å². The smallest absolute Gasteiger partial charge is 0.336 e. The number of hydrogen-bond donors (Lipinski definition) is 0. The summed E-state index contributed by atoms with van der Waals surface area (Å²) in [7, 11) is 0. The molecule has 0 bridgehead atoms. The Bertz CT molecular complexity index is 1030. The number of amides is 2. The zero-order valence-corrected chi connectivity index (χ0v) is 19.6. The molecular weight excluding hydrogens is 489 g/mol. The molecule has 0 radical (unpaired) electrons. The first-order valence-electron chi connectivity index (χ1n) is 10.8. The quantitative estimate of drug-likeness (QED) is 0.571. The zero-order chi connectivity index (χ0) is 23.2. The van der Waals surface area contributed by atoms with Crippen LogP contribution in [0.1, 0.15) is 55.5 Å². The molecule has 1 aliphatic heterocycles. The van der Waals surface area contributed by atoms with Crippen LogP contribution in [0, 0.1) is 12.8 Å². The standard InChI is InChI=1S/C12H10BrF3N2.C10H16N2O2/c1-6-11(13)9-4-8(7-2-3-7)5-10(12(14,15)16)18(9)17-6;1-8-4-9(5-8)12-3-2-11(7-13)6-10(12)14/h4-5,7H,2-3H2,1H3;7-9H,2-6H2,1H3. The molecule has 3 heterocycles. The van der Waals surface area contributed by atoms with E-state index in [0.717, 1.165) is 54.6 Å². The lowest BCUT2D eigenvalue weighted by molar-refractivity contribution is -0.145. The Labute approximate surface area is 192 Å². The highest BCUT2D eigenvalue weighted by Crippen LogP contribution is 2.43. The maximum atomic E-state index is 13.0. The molecule has 1 saturated heterocycles. The van der Waals surface area contributed by atoms with E-state index in [-0.39, 0.29) is 18.4 Å². The minimum atomic E-state index is -4.39. The Morgan fingerprint density at radius 2 is 1.88 bits per heavy atom. The highest BCUT2D eigenvalue weighted by atomic mass is 79.9. The van der Waals surface area contributed by atoms with E-state index < -0.39 is 11.9 Å². The molecule has 6 nitrogen and oxygen atoms in total. The van der Waals surface area contributed by atoms with E-state index in [9.17, 15) is 22.8 Å². The summed E-state index contributed by atoms with van der Waals surface area (Å²) >= 11 is 3.30. The first-order chi connectivity index (χ1) is 15.1. The van der Waals surface area contributed by atoms with E-state index in [4.69, 9.17) is 0 Å². The summed E-state index contributed by atoms with van der Waals surface area (Å²) in [6.45, 7) is 5.58. The van der Waals surface area contributed by atoms with Crippen LogP contribution in [0.2, 0.25) is 0 Å². The van der Waals surface area contributed by atoms with Crippen molar-refractivity contribution in [1.29, 1.82) is 0 Å². The Kier molecular flexibility index (Phi) is 6.26. The molecule has 32 heavy (non-hydrogen) atoms. The summed E-state index contributed by atoms with van der Waals surface area (Å²) in [6, 6.07) is 3.48. The van der Waals surface area contributed by atoms with Gasteiger partial charge in [0.1, 0.15) is 5.69 Å². The van der Waals surface area contributed by atoms with E-state index >= 15 is 0 Å². The summed E-state index contributed by atoms with van der Waals surface area (Å²) in [4.78, 5) is 25.6. The Morgan fingerprint density at radius 1 is 1.19 bits per heavy atom. The number of rotatable bonds is 3. The Hall–Kier alpha value is -2.10. The largest absolute Gasteiger partial charge is 0.433 e. The zero-order valence-electron chi connectivity index (χ0n) is 18.0. The molecule has 10 heteroatoms. The summed E-state index contributed by atoms with van der Waals surface area (Å²) in [5.41, 5.74) is 1.11. The number of aryl methyl sites for hydroxylation is 1. The average Bonchev–Trinajstić information content (AvgIpc) is 3.52. The second kappa shape index (κ2) is 8.68. The maximum Gasteiger partial charge on any atom is 0.433 e. The van der Waals surface area contributed by atoms with Crippen molar-refractivity contribution < 1.29 is 22.8 Å². The van der Waals surface area contributed by atoms with Crippen molar-refractivity contribution >= 4 is 33.8 Å². The first-order valence-corrected chi connectivity index (χ1v) is 11.6. The second-order valence-electron chi connectivity index (χ2n) is 9.04. The number of fused-ring (bicyclic) bond motifs is 1. The third kappa shape index (κ3) is 4.65. The van der Waals surface area contributed by atoms with Crippen molar-refractivity contribution in [1.82, 2.24) is 19.4 Å². The highest BCUT2D eigenvalue weighted by Gasteiger charge is 2.37. The van der Waals surface area contributed by atoms with E-state index in [1.165, 1.54) is 6.07 Å². The number of hydrogen-bond acceptors (Lipinski definition) is 3. The first kappa shape index (κ1) is 23.1. The normalized spacial score (nSPS) is 23.6. The van der Waals surface area contributed by atoms with Crippen LogP contribution in [0.3, 0.4) is 0 Å². The summed E-state index contributed by atoms with van der Waals surface area (Å²) < 4.78 is 40.8. The fourth-order valence-corrected chi connectivity index (χ4v) is 4.76. The monoisotopic (exact) mass is 514 g/mol. The number of pyridine rings is 1. The minimum absolute atomic E-state index is 0.111. The fourth-order valence-electron chi connectivity index (χ4n) is 4.40. The van der Waals surface area contributed by atoms with E-state index in [0.29, 0.717) is 28.3 Å². The van der Waals surface area contributed by atoms with Gasteiger partial charge in [0.25, 0.3) is 0 Å². The number of halogens is 4. The molecular formula is C22H26BrF3N4O2. The molecule has 2 aliphatic carbocycles. The van der Waals surface area contributed by atoms with Gasteiger partial charge in [-0.3, -0.25) is 9.59 Å². The molecule has 2 aromatic heterocycles. The minimum Gasteiger partial charge on any atom is -0.336 e. The number of carbonyl (C=O) groups excluding carboxylic acids is 2. The van der Waals surface area contributed by atoms with Crippen LogP contribution in [0.15, 0.2) is 16.6 Å². The maximum absolute atomic E-state index is 13.0. The van der Waals surface area contributed by atoms with E-state index in [1.807, 2.05) is 4.90 Å². The van der Waals surface area contributed by atoms with Crippen LogP contribution in [0.25, 0.3) is 5.52 Å². The molecule has 0 spiro atoms. The van der Waals surface area contributed by atoms with Crippen LogP contribution >= 0.6 is 15.9 Å². The lowest BCUT2D eigenvalue weighted by Gasteiger charge is -2.44. The number of aromatic nitrogens is 2. The van der Waals surface area contributed by atoms with Crippen LogP contribution in [-0.2, 0) is 15.8 Å². The molecule has 0 aromatic carbocycles. The predicted octanol–water partition coefficient (Wildman–Crippen LogP) is 4.39. The SMILES string of the molecule is CC1CC(N2CCN(C=O)CC2=O)C1.Cc1nn2c(C(F)(F)F)cc(C3CC3)cc2c1Br. The van der Waals surface area contributed by atoms with Crippen LogP contribution in [-0.4, -0.2) is 57.4 Å². The van der Waals surface area contributed by atoms with Crippen LogP contribution < -0.4 is 0 Å². The van der Waals surface area contributed by atoms with Crippen LogP contribution in [0.4, 0.5) is 13.2 Å². The van der Waals surface area contributed by atoms with Crippen molar-refractivity contribution in [3.8, 4) is 0 Å². The average molecular weight is 515 g/mol. The van der Waals surface area contributed by atoms with E-state index in [1.54, 1.807) is 17.9 Å². The second-order valence-corrected chi connectivity index (χ2v) is 9.83. The van der Waals surface area contributed by atoms with Gasteiger partial charge in [0.15, 0.2) is 0 Å². The van der Waals surface area contributed by atoms with Gasteiger partial charge in [-0.2, -0.15) is 18.3 Å². The van der Waals surface area contributed by atoms with E-state index in [2.05, 4.69) is 28.0 Å². The molecule has 0 unspecified atom stereocenters. The third-order valence-electron chi connectivity index (χ3n) is 6.42. The molecule has 2 aromatic rings. The van der Waals surface area contributed by atoms with Crippen molar-refractivity contribution in [3.63, 3.8) is 0 Å². The van der Waals surface area contributed by atoms with Gasteiger partial charge in [-0.05, 0) is 78.1 Å². The summed E-state index contributed by atoms with van der Waals surface area (Å²) in [5.74, 6) is 1.15. The number of nitrogens with zero attached hydrogens (tertiary/aromatic N) is 4. The van der Waals surface area contributed by atoms with Gasteiger partial charge in [-0.25, -0.2) is 4.52 Å². The predicted molar refractivity (Wildman–Crippen MR) is 116 cm³/mol. The Morgan fingerprint density at radius 3 is 2.41 bits per heavy atom. The third-order valence-corrected chi connectivity index (χ3v) is 7.40. The molecule has 2 saturated carbocycles. The van der Waals surface area contributed by atoms with Gasteiger partial charge in [0.05, 0.1) is 22.2 Å². The molecule has 3 aliphatic rings. The molecule has 2 amide bonds. The van der Waals surface area contributed by atoms with Gasteiger partial charge in [-0.15, -0.1) is 0 Å². The van der Waals surface area contributed by atoms with Gasteiger partial charge in [0, 0.05) is 19.1 Å². The molecule has 5 rings (SSSR count). The van der Waals surface area contributed by atoms with Crippen LogP contribution in [0.5, 0.6) is 0 Å². The molecule has 3 fully saturated rings. The van der Waals surface area contributed by atoms with Gasteiger partial charge in [0.2, 0.25) is 12.3 Å². The van der Waals surface area contributed by atoms with Gasteiger partial charge >= 0.3 is 6.18 Å².